The Kier molecular flexibility index (Phi) is 4.72. The van der Waals surface area contributed by atoms with Gasteiger partial charge in [0.15, 0.2) is 5.82 Å². The summed E-state index contributed by atoms with van der Waals surface area (Å²) in [5.74, 6) is -0.758. The molecule has 0 saturated carbocycles. The van der Waals surface area contributed by atoms with Crippen molar-refractivity contribution in [3.8, 4) is 11.4 Å². The molecule has 0 bridgehead atoms. The van der Waals surface area contributed by atoms with Crippen molar-refractivity contribution in [3.63, 3.8) is 0 Å². The second-order valence-electron chi connectivity index (χ2n) is 5.22. The highest BCUT2D eigenvalue weighted by Crippen LogP contribution is 2.27. The van der Waals surface area contributed by atoms with Crippen LogP contribution in [0.2, 0.25) is 5.02 Å². The van der Waals surface area contributed by atoms with Crippen molar-refractivity contribution in [2.24, 2.45) is 0 Å². The number of pyridine rings is 1. The number of alkyl halides is 2. The number of anilines is 1. The Morgan fingerprint density at radius 1 is 1.42 bits per heavy atom. The molecule has 128 valence electrons. The fourth-order valence-electron chi connectivity index (χ4n) is 2.54. The smallest absolute Gasteiger partial charge is 0.272 e. The van der Waals surface area contributed by atoms with Crippen molar-refractivity contribution in [3.05, 3.63) is 39.7 Å². The van der Waals surface area contributed by atoms with Gasteiger partial charge in [-0.25, -0.2) is 18.7 Å². The zero-order valence-electron chi connectivity index (χ0n) is 12.3. The predicted molar refractivity (Wildman–Crippen MR) is 83.1 cm³/mol. The first kappa shape index (κ1) is 16.7. The molecule has 0 unspecified atom stereocenters. The van der Waals surface area contributed by atoms with Gasteiger partial charge >= 0.3 is 0 Å². The maximum atomic E-state index is 13.3. The van der Waals surface area contributed by atoms with Crippen molar-refractivity contribution in [1.29, 1.82) is 0 Å². The van der Waals surface area contributed by atoms with Gasteiger partial charge in [0.25, 0.3) is 12.0 Å². The average Bonchev–Trinajstić information content (AvgIpc) is 2.57. The summed E-state index contributed by atoms with van der Waals surface area (Å²) < 4.78 is 39.8. The molecule has 1 aliphatic heterocycles. The monoisotopic (exact) mass is 359 g/mol. The largest absolute Gasteiger partial charge is 0.344 e. The Morgan fingerprint density at radius 2 is 2.21 bits per heavy atom. The standard InChI is InChI=1S/C14H13ClF3N5O/c15-10-13(23-4-3-19-6-8(23)11(17)18)21-12(22-14(10)24)7-1-2-20-9(16)5-7/h1-2,5,8,11,19H,3-4,6H2,(H,21,22,24)/t8-/m0/s1. The van der Waals surface area contributed by atoms with Crippen molar-refractivity contribution in [2.75, 3.05) is 24.5 Å². The summed E-state index contributed by atoms with van der Waals surface area (Å²) in [5, 5.41) is 2.59. The molecule has 2 aromatic heterocycles. The van der Waals surface area contributed by atoms with E-state index in [1.54, 1.807) is 0 Å². The molecule has 1 saturated heterocycles. The summed E-state index contributed by atoms with van der Waals surface area (Å²) in [6.45, 7) is 0.713. The van der Waals surface area contributed by atoms with E-state index in [0.717, 1.165) is 6.07 Å². The van der Waals surface area contributed by atoms with E-state index in [9.17, 15) is 18.0 Å². The molecular weight excluding hydrogens is 347 g/mol. The zero-order chi connectivity index (χ0) is 17.3. The molecule has 0 amide bonds. The molecule has 6 nitrogen and oxygen atoms in total. The highest BCUT2D eigenvalue weighted by Gasteiger charge is 2.33. The van der Waals surface area contributed by atoms with E-state index in [2.05, 4.69) is 20.3 Å². The Balaban J connectivity index is 2.09. The normalized spacial score (nSPS) is 18.2. The van der Waals surface area contributed by atoms with Gasteiger partial charge in [0.1, 0.15) is 16.9 Å². The Hall–Kier alpha value is -2.13. The van der Waals surface area contributed by atoms with Gasteiger partial charge in [-0.2, -0.15) is 4.39 Å². The lowest BCUT2D eigenvalue weighted by molar-refractivity contribution is 0.105. The third-order valence-corrected chi connectivity index (χ3v) is 4.03. The van der Waals surface area contributed by atoms with E-state index in [1.165, 1.54) is 17.2 Å². The Labute approximate surface area is 139 Å². The number of aromatic nitrogens is 3. The Bertz CT molecular complexity index is 800. The van der Waals surface area contributed by atoms with Crippen LogP contribution < -0.4 is 15.8 Å². The van der Waals surface area contributed by atoms with Gasteiger partial charge in [-0.3, -0.25) is 4.79 Å². The van der Waals surface area contributed by atoms with Crippen LogP contribution in [0.25, 0.3) is 11.4 Å². The molecule has 0 spiro atoms. The van der Waals surface area contributed by atoms with Crippen LogP contribution in [0.1, 0.15) is 0 Å². The highest BCUT2D eigenvalue weighted by atomic mass is 35.5. The topological polar surface area (TPSA) is 73.9 Å². The predicted octanol–water partition coefficient (Wildman–Crippen LogP) is 1.67. The van der Waals surface area contributed by atoms with Crippen LogP contribution >= 0.6 is 11.6 Å². The molecule has 1 aliphatic rings. The molecule has 24 heavy (non-hydrogen) atoms. The van der Waals surface area contributed by atoms with E-state index in [-0.39, 0.29) is 35.3 Å². The number of piperazine rings is 1. The van der Waals surface area contributed by atoms with E-state index in [0.29, 0.717) is 6.54 Å². The van der Waals surface area contributed by atoms with Crippen molar-refractivity contribution in [1.82, 2.24) is 20.3 Å². The third-order valence-electron chi connectivity index (χ3n) is 3.69. The van der Waals surface area contributed by atoms with E-state index < -0.39 is 24.0 Å². The first-order valence-electron chi connectivity index (χ1n) is 7.14. The molecule has 2 N–H and O–H groups in total. The van der Waals surface area contributed by atoms with E-state index in [1.807, 2.05) is 0 Å². The number of hydrogen-bond acceptors (Lipinski definition) is 5. The van der Waals surface area contributed by atoms with Crippen molar-refractivity contribution in [2.45, 2.75) is 12.5 Å². The van der Waals surface area contributed by atoms with Gasteiger partial charge < -0.3 is 15.2 Å². The maximum Gasteiger partial charge on any atom is 0.272 e. The molecule has 3 rings (SSSR count). The molecule has 0 radical (unpaired) electrons. The fourth-order valence-corrected chi connectivity index (χ4v) is 2.74. The van der Waals surface area contributed by atoms with Crippen LogP contribution in [0.4, 0.5) is 19.0 Å². The van der Waals surface area contributed by atoms with Gasteiger partial charge in [-0.05, 0) is 6.07 Å². The molecule has 0 aromatic carbocycles. The highest BCUT2D eigenvalue weighted by molar-refractivity contribution is 6.32. The minimum atomic E-state index is -2.64. The lowest BCUT2D eigenvalue weighted by Gasteiger charge is -2.36. The van der Waals surface area contributed by atoms with Crippen LogP contribution in [0, 0.1) is 5.95 Å². The summed E-state index contributed by atoms with van der Waals surface area (Å²) >= 11 is 5.99. The summed E-state index contributed by atoms with van der Waals surface area (Å²) in [6, 6.07) is 1.37. The number of nitrogens with one attached hydrogen (secondary N) is 2. The number of aromatic amines is 1. The van der Waals surface area contributed by atoms with E-state index in [4.69, 9.17) is 11.6 Å². The molecule has 10 heteroatoms. The lowest BCUT2D eigenvalue weighted by atomic mass is 10.2. The number of halogens is 4. The number of hydrogen-bond donors (Lipinski definition) is 2. The quantitative estimate of drug-likeness (QED) is 0.815. The number of nitrogens with zero attached hydrogens (tertiary/aromatic N) is 3. The molecular formula is C14H13ClF3N5O. The van der Waals surface area contributed by atoms with Gasteiger partial charge in [-0.1, -0.05) is 11.6 Å². The third kappa shape index (κ3) is 3.22. The minimum Gasteiger partial charge on any atom is -0.344 e. The minimum absolute atomic E-state index is 0.0345. The van der Waals surface area contributed by atoms with Crippen LogP contribution in [0.5, 0.6) is 0 Å². The lowest BCUT2D eigenvalue weighted by Crippen LogP contribution is -2.55. The molecule has 1 atom stereocenters. The summed E-state index contributed by atoms with van der Waals surface area (Å²) in [6.07, 6.45) is -1.43. The van der Waals surface area contributed by atoms with Crippen LogP contribution in [-0.4, -0.2) is 47.1 Å². The van der Waals surface area contributed by atoms with Crippen LogP contribution in [0.15, 0.2) is 23.1 Å². The second-order valence-corrected chi connectivity index (χ2v) is 5.60. The summed E-state index contributed by atoms with van der Waals surface area (Å²) in [4.78, 5) is 23.4. The zero-order valence-corrected chi connectivity index (χ0v) is 13.0. The van der Waals surface area contributed by atoms with Gasteiger partial charge in [0.2, 0.25) is 5.95 Å². The molecule has 1 fully saturated rings. The van der Waals surface area contributed by atoms with Gasteiger partial charge in [0.05, 0.1) is 0 Å². The first-order chi connectivity index (χ1) is 11.5. The summed E-state index contributed by atoms with van der Waals surface area (Å²) in [5.41, 5.74) is -0.415. The van der Waals surface area contributed by atoms with Crippen molar-refractivity contribution < 1.29 is 13.2 Å². The molecule has 3 heterocycles. The molecule has 0 aliphatic carbocycles. The number of H-pyrrole nitrogens is 1. The fraction of sp³-hybridized carbons (Fsp3) is 0.357. The van der Waals surface area contributed by atoms with E-state index >= 15 is 0 Å². The van der Waals surface area contributed by atoms with Gasteiger partial charge in [-0.15, -0.1) is 0 Å². The number of rotatable bonds is 3. The summed E-state index contributed by atoms with van der Waals surface area (Å²) in [7, 11) is 0. The van der Waals surface area contributed by atoms with Crippen LogP contribution in [0.3, 0.4) is 0 Å². The van der Waals surface area contributed by atoms with Crippen LogP contribution in [-0.2, 0) is 0 Å². The SMILES string of the molecule is O=c1[nH]c(-c2ccnc(F)c2)nc(N2CCNC[C@H]2C(F)F)c1Cl. The van der Waals surface area contributed by atoms with Crippen molar-refractivity contribution >= 4 is 17.4 Å². The average molecular weight is 360 g/mol. The Morgan fingerprint density at radius 3 is 2.92 bits per heavy atom. The maximum absolute atomic E-state index is 13.3. The second kappa shape index (κ2) is 6.78. The molecule has 2 aromatic rings. The first-order valence-corrected chi connectivity index (χ1v) is 7.52. The van der Waals surface area contributed by atoms with Gasteiger partial charge in [0, 0.05) is 37.5 Å².